The third-order valence-electron chi connectivity index (χ3n) is 2.54. The largest absolute Gasteiger partial charge is 0.103 e. The predicted molar refractivity (Wildman–Crippen MR) is 68.3 cm³/mol. The Bertz CT molecular complexity index is 335. The fraction of sp³-hybridized carbons (Fsp3) is 0.286. The molecule has 1 aromatic rings. The van der Waals surface area contributed by atoms with E-state index in [1.54, 1.807) is 0 Å². The maximum Gasteiger partial charge on any atom is 0.0406 e. The standard InChI is InChI=1S/C14H17Cl/c1-4-5-13(11(2)3)10-12-6-8-14(15)9-7-12/h4,6-9,13H,1-2,5,10H2,3H3. The van der Waals surface area contributed by atoms with Gasteiger partial charge in [0.1, 0.15) is 0 Å². The van der Waals surface area contributed by atoms with E-state index in [0.29, 0.717) is 5.92 Å². The zero-order valence-electron chi connectivity index (χ0n) is 9.17. The number of rotatable bonds is 5. The van der Waals surface area contributed by atoms with Crippen LogP contribution in [0.1, 0.15) is 18.9 Å². The highest BCUT2D eigenvalue weighted by molar-refractivity contribution is 6.30. The maximum atomic E-state index is 5.84. The first-order valence-electron chi connectivity index (χ1n) is 5.14. The van der Waals surface area contributed by atoms with E-state index in [4.69, 9.17) is 11.6 Å². The summed E-state index contributed by atoms with van der Waals surface area (Å²) in [6.07, 6.45) is 3.95. The smallest absolute Gasteiger partial charge is 0.0406 e. The molecule has 0 bridgehead atoms. The van der Waals surface area contributed by atoms with Gasteiger partial charge in [0.25, 0.3) is 0 Å². The van der Waals surface area contributed by atoms with Crippen LogP contribution in [0.15, 0.2) is 49.1 Å². The highest BCUT2D eigenvalue weighted by atomic mass is 35.5. The zero-order valence-corrected chi connectivity index (χ0v) is 9.93. The molecule has 0 fully saturated rings. The molecule has 15 heavy (non-hydrogen) atoms. The van der Waals surface area contributed by atoms with Gasteiger partial charge in [-0.3, -0.25) is 0 Å². The molecule has 0 aromatic heterocycles. The maximum absolute atomic E-state index is 5.84. The van der Waals surface area contributed by atoms with Crippen LogP contribution in [0.3, 0.4) is 0 Å². The summed E-state index contributed by atoms with van der Waals surface area (Å²) in [6, 6.07) is 8.00. The SMILES string of the molecule is C=CCC(Cc1ccc(Cl)cc1)C(=C)C. The molecule has 0 saturated heterocycles. The van der Waals surface area contributed by atoms with Gasteiger partial charge in [0.15, 0.2) is 0 Å². The van der Waals surface area contributed by atoms with Crippen molar-refractivity contribution >= 4 is 11.6 Å². The lowest BCUT2D eigenvalue weighted by molar-refractivity contribution is 0.622. The molecule has 1 unspecified atom stereocenters. The molecule has 0 nitrogen and oxygen atoms in total. The van der Waals surface area contributed by atoms with Gasteiger partial charge >= 0.3 is 0 Å². The van der Waals surface area contributed by atoms with Crippen molar-refractivity contribution in [2.75, 3.05) is 0 Å². The molecule has 1 aromatic carbocycles. The molecule has 0 spiro atoms. The number of halogens is 1. The Hall–Kier alpha value is -1.01. The summed E-state index contributed by atoms with van der Waals surface area (Å²) in [5, 5.41) is 0.786. The molecular weight excluding hydrogens is 204 g/mol. The minimum atomic E-state index is 0.490. The zero-order chi connectivity index (χ0) is 11.3. The third kappa shape index (κ3) is 3.93. The summed E-state index contributed by atoms with van der Waals surface area (Å²) in [6.45, 7) is 9.86. The summed E-state index contributed by atoms with van der Waals surface area (Å²) in [7, 11) is 0. The van der Waals surface area contributed by atoms with Crippen LogP contribution < -0.4 is 0 Å². The van der Waals surface area contributed by atoms with Crippen molar-refractivity contribution in [3.05, 3.63) is 59.7 Å². The van der Waals surface area contributed by atoms with E-state index in [9.17, 15) is 0 Å². The third-order valence-corrected chi connectivity index (χ3v) is 2.80. The van der Waals surface area contributed by atoms with Gasteiger partial charge in [0.05, 0.1) is 0 Å². The number of benzene rings is 1. The Labute approximate surface area is 97.3 Å². The summed E-state index contributed by atoms with van der Waals surface area (Å²) in [5.74, 6) is 0.490. The van der Waals surface area contributed by atoms with Crippen molar-refractivity contribution in [1.29, 1.82) is 0 Å². The monoisotopic (exact) mass is 220 g/mol. The Morgan fingerprint density at radius 3 is 2.47 bits per heavy atom. The second kappa shape index (κ2) is 5.77. The second-order valence-corrected chi connectivity index (χ2v) is 4.33. The van der Waals surface area contributed by atoms with Gasteiger partial charge in [0, 0.05) is 5.02 Å². The van der Waals surface area contributed by atoms with Crippen LogP contribution in [0.2, 0.25) is 5.02 Å². The van der Waals surface area contributed by atoms with Crippen LogP contribution in [0, 0.1) is 5.92 Å². The predicted octanol–water partition coefficient (Wildman–Crippen LogP) is 4.65. The van der Waals surface area contributed by atoms with Gasteiger partial charge in [-0.25, -0.2) is 0 Å². The van der Waals surface area contributed by atoms with Crippen LogP contribution >= 0.6 is 11.6 Å². The van der Waals surface area contributed by atoms with Crippen molar-refractivity contribution in [1.82, 2.24) is 0 Å². The number of hydrogen-bond acceptors (Lipinski definition) is 0. The van der Waals surface area contributed by atoms with Crippen LogP contribution in [0.5, 0.6) is 0 Å². The van der Waals surface area contributed by atoms with Crippen LogP contribution in [-0.2, 0) is 6.42 Å². The first-order valence-corrected chi connectivity index (χ1v) is 5.52. The normalized spacial score (nSPS) is 12.1. The minimum absolute atomic E-state index is 0.490. The molecule has 1 heteroatoms. The van der Waals surface area contributed by atoms with E-state index in [0.717, 1.165) is 17.9 Å². The van der Waals surface area contributed by atoms with E-state index < -0.39 is 0 Å². The molecular formula is C14H17Cl. The van der Waals surface area contributed by atoms with E-state index in [1.165, 1.54) is 11.1 Å². The van der Waals surface area contributed by atoms with Crippen LogP contribution in [0.25, 0.3) is 0 Å². The highest BCUT2D eigenvalue weighted by Gasteiger charge is 2.08. The molecule has 0 aliphatic carbocycles. The fourth-order valence-corrected chi connectivity index (χ4v) is 1.69. The van der Waals surface area contributed by atoms with Crippen molar-refractivity contribution < 1.29 is 0 Å². The Kier molecular flexibility index (Phi) is 4.64. The molecule has 0 aliphatic heterocycles. The Morgan fingerprint density at radius 1 is 1.40 bits per heavy atom. The molecule has 0 aliphatic rings. The summed E-state index contributed by atoms with van der Waals surface area (Å²) >= 11 is 5.84. The average Bonchev–Trinajstić information content (AvgIpc) is 2.20. The van der Waals surface area contributed by atoms with Crippen molar-refractivity contribution in [2.24, 2.45) is 5.92 Å². The minimum Gasteiger partial charge on any atom is -0.103 e. The van der Waals surface area contributed by atoms with Gasteiger partial charge < -0.3 is 0 Å². The number of hydrogen-bond donors (Lipinski definition) is 0. The van der Waals surface area contributed by atoms with Gasteiger partial charge in [-0.15, -0.1) is 6.58 Å². The fourth-order valence-electron chi connectivity index (χ4n) is 1.56. The quantitative estimate of drug-likeness (QED) is 0.634. The van der Waals surface area contributed by atoms with Crippen LogP contribution in [-0.4, -0.2) is 0 Å². The van der Waals surface area contributed by atoms with Gasteiger partial charge in [0.2, 0.25) is 0 Å². The van der Waals surface area contributed by atoms with Crippen LogP contribution in [0.4, 0.5) is 0 Å². The summed E-state index contributed by atoms with van der Waals surface area (Å²) in [5.41, 5.74) is 2.51. The van der Waals surface area contributed by atoms with Gasteiger partial charge in [-0.2, -0.15) is 0 Å². The number of allylic oxidation sites excluding steroid dienone is 2. The Balaban J connectivity index is 2.69. The molecule has 0 heterocycles. The lowest BCUT2D eigenvalue weighted by atomic mass is 9.91. The van der Waals surface area contributed by atoms with Gasteiger partial charge in [-0.1, -0.05) is 42.0 Å². The van der Waals surface area contributed by atoms with E-state index >= 15 is 0 Å². The van der Waals surface area contributed by atoms with E-state index in [-0.39, 0.29) is 0 Å². The lowest BCUT2D eigenvalue weighted by Crippen LogP contribution is -2.04. The molecule has 0 saturated carbocycles. The second-order valence-electron chi connectivity index (χ2n) is 3.90. The lowest BCUT2D eigenvalue weighted by Gasteiger charge is -2.14. The van der Waals surface area contributed by atoms with Gasteiger partial charge in [-0.05, 0) is 43.4 Å². The summed E-state index contributed by atoms with van der Waals surface area (Å²) in [4.78, 5) is 0. The first-order chi connectivity index (χ1) is 7.13. The topological polar surface area (TPSA) is 0 Å². The van der Waals surface area contributed by atoms with E-state index in [1.807, 2.05) is 18.2 Å². The van der Waals surface area contributed by atoms with E-state index in [2.05, 4.69) is 32.2 Å². The molecule has 80 valence electrons. The molecule has 1 rings (SSSR count). The molecule has 1 atom stereocenters. The molecule has 0 amide bonds. The summed E-state index contributed by atoms with van der Waals surface area (Å²) < 4.78 is 0. The van der Waals surface area contributed by atoms with Crippen molar-refractivity contribution in [2.45, 2.75) is 19.8 Å². The van der Waals surface area contributed by atoms with Crippen molar-refractivity contribution in [3.8, 4) is 0 Å². The molecule has 0 N–H and O–H groups in total. The first kappa shape index (κ1) is 12.1. The molecule has 0 radical (unpaired) electrons. The Morgan fingerprint density at radius 2 is 2.00 bits per heavy atom. The highest BCUT2D eigenvalue weighted by Crippen LogP contribution is 2.20. The average molecular weight is 221 g/mol. The van der Waals surface area contributed by atoms with Crippen molar-refractivity contribution in [3.63, 3.8) is 0 Å².